The third-order valence-electron chi connectivity index (χ3n) is 1.98. The molecule has 0 radical (unpaired) electrons. The van der Waals surface area contributed by atoms with Gasteiger partial charge in [-0.25, -0.2) is 9.78 Å². The monoisotopic (exact) mass is 284 g/mol. The van der Waals surface area contributed by atoms with Crippen LogP contribution in [0, 0.1) is 0 Å². The second-order valence-corrected chi connectivity index (χ2v) is 4.71. The van der Waals surface area contributed by atoms with Crippen LogP contribution in [0.5, 0.6) is 0 Å². The quantitative estimate of drug-likeness (QED) is 0.563. The smallest absolute Gasteiger partial charge is 0.328 e. The lowest BCUT2D eigenvalue weighted by atomic mass is 10.4. The largest absolute Gasteiger partial charge is 0.478 e. The molecule has 0 aliphatic heterocycles. The summed E-state index contributed by atoms with van der Waals surface area (Å²) in [6.07, 6.45) is 5.16. The van der Waals surface area contributed by atoms with Crippen LogP contribution in [0.3, 0.4) is 0 Å². The first-order valence-corrected chi connectivity index (χ1v) is 6.68. The van der Waals surface area contributed by atoms with Gasteiger partial charge in [0.05, 0.1) is 13.0 Å². The van der Waals surface area contributed by atoms with Crippen molar-refractivity contribution >= 4 is 34.4 Å². The fourth-order valence-corrected chi connectivity index (χ4v) is 1.90. The molecule has 0 fully saturated rings. The molecule has 0 unspecified atom stereocenters. The molecule has 6 nitrogen and oxygen atoms in total. The fraction of sp³-hybridized carbons (Fsp3) is 0.417. The van der Waals surface area contributed by atoms with Gasteiger partial charge in [0.15, 0.2) is 5.13 Å². The van der Waals surface area contributed by atoms with Gasteiger partial charge in [0.25, 0.3) is 0 Å². The van der Waals surface area contributed by atoms with Crippen LogP contribution in [0.2, 0.25) is 0 Å². The first-order chi connectivity index (χ1) is 9.11. The molecule has 0 atom stereocenters. The van der Waals surface area contributed by atoms with Gasteiger partial charge in [-0.1, -0.05) is 18.3 Å². The van der Waals surface area contributed by atoms with Crippen molar-refractivity contribution in [1.29, 1.82) is 0 Å². The third-order valence-corrected chi connectivity index (χ3v) is 2.86. The molecule has 104 valence electrons. The minimum Gasteiger partial charge on any atom is -0.478 e. The number of anilines is 1. The van der Waals surface area contributed by atoms with Gasteiger partial charge in [-0.3, -0.25) is 4.79 Å². The van der Waals surface area contributed by atoms with E-state index in [4.69, 9.17) is 9.84 Å². The van der Waals surface area contributed by atoms with E-state index < -0.39 is 5.97 Å². The number of carbonyl (C=O) groups excluding carboxylic acids is 1. The summed E-state index contributed by atoms with van der Waals surface area (Å²) in [4.78, 5) is 26.5. The number of thiazole rings is 1. The molecule has 1 aromatic rings. The first-order valence-electron chi connectivity index (χ1n) is 5.86. The van der Waals surface area contributed by atoms with E-state index in [9.17, 15) is 9.59 Å². The van der Waals surface area contributed by atoms with E-state index in [0.717, 1.165) is 12.5 Å². The van der Waals surface area contributed by atoms with Gasteiger partial charge in [0.2, 0.25) is 5.91 Å². The number of nitrogens with one attached hydrogen (secondary N) is 1. The van der Waals surface area contributed by atoms with Crippen LogP contribution in [-0.4, -0.2) is 35.2 Å². The van der Waals surface area contributed by atoms with Gasteiger partial charge in [-0.15, -0.1) is 0 Å². The summed E-state index contributed by atoms with van der Waals surface area (Å²) in [7, 11) is 0. The molecule has 7 heteroatoms. The normalized spacial score (nSPS) is 10.8. The number of aliphatic carboxylic acids is 1. The average molecular weight is 284 g/mol. The molecule has 2 N–H and O–H groups in total. The number of ether oxygens (including phenoxy) is 1. The van der Waals surface area contributed by atoms with Crippen molar-refractivity contribution in [3.63, 3.8) is 0 Å². The molecule has 1 heterocycles. The molecule has 0 aliphatic carbocycles. The summed E-state index contributed by atoms with van der Waals surface area (Å²) in [6, 6.07) is 0. The molecular weight excluding hydrogens is 268 g/mol. The number of nitrogens with zero attached hydrogens (tertiary/aromatic N) is 1. The van der Waals surface area contributed by atoms with Crippen molar-refractivity contribution in [3.8, 4) is 0 Å². The number of hydrogen-bond donors (Lipinski definition) is 2. The lowest BCUT2D eigenvalue weighted by Crippen LogP contribution is -2.14. The molecule has 0 saturated carbocycles. The van der Waals surface area contributed by atoms with Crippen LogP contribution in [0.1, 0.15) is 24.6 Å². The van der Waals surface area contributed by atoms with Crippen LogP contribution < -0.4 is 5.32 Å². The lowest BCUT2D eigenvalue weighted by Gasteiger charge is -2.02. The Hall–Kier alpha value is -1.73. The highest BCUT2D eigenvalue weighted by atomic mass is 32.1. The average Bonchev–Trinajstić information content (AvgIpc) is 2.80. The van der Waals surface area contributed by atoms with E-state index in [-0.39, 0.29) is 12.3 Å². The maximum atomic E-state index is 11.5. The first kappa shape index (κ1) is 15.3. The number of rotatable bonds is 8. The second-order valence-electron chi connectivity index (χ2n) is 3.65. The number of aromatic nitrogens is 1. The predicted molar refractivity (Wildman–Crippen MR) is 73.1 cm³/mol. The van der Waals surface area contributed by atoms with Crippen molar-refractivity contribution in [1.82, 2.24) is 4.98 Å². The van der Waals surface area contributed by atoms with E-state index in [1.807, 2.05) is 6.92 Å². The Morgan fingerprint density at radius 3 is 3.00 bits per heavy atom. The Bertz CT molecular complexity index is 456. The van der Waals surface area contributed by atoms with Crippen molar-refractivity contribution in [2.24, 2.45) is 0 Å². The van der Waals surface area contributed by atoms with E-state index in [1.54, 1.807) is 0 Å². The number of amides is 1. The molecule has 19 heavy (non-hydrogen) atoms. The highest BCUT2D eigenvalue weighted by molar-refractivity contribution is 7.16. The Balaban J connectivity index is 2.36. The van der Waals surface area contributed by atoms with Crippen molar-refractivity contribution in [2.45, 2.75) is 19.8 Å². The van der Waals surface area contributed by atoms with Crippen LogP contribution in [0.4, 0.5) is 5.13 Å². The lowest BCUT2D eigenvalue weighted by molar-refractivity contribution is -0.131. The Kier molecular flexibility index (Phi) is 6.76. The van der Waals surface area contributed by atoms with Gasteiger partial charge < -0.3 is 15.2 Å². The highest BCUT2D eigenvalue weighted by Gasteiger charge is 2.05. The maximum Gasteiger partial charge on any atom is 0.328 e. The molecular formula is C12H16N2O4S. The standard InChI is InChI=1S/C12H16N2O4S/c1-2-6-18-7-5-10(15)14-12-13-8-9(19-12)3-4-11(16)17/h3-4,8H,2,5-7H2,1H3,(H,16,17)(H,13,14,15). The van der Waals surface area contributed by atoms with Crippen LogP contribution in [0.15, 0.2) is 12.3 Å². The Morgan fingerprint density at radius 2 is 2.32 bits per heavy atom. The molecule has 1 rings (SSSR count). The van der Waals surface area contributed by atoms with Gasteiger partial charge in [-0.05, 0) is 12.5 Å². The van der Waals surface area contributed by atoms with Gasteiger partial charge >= 0.3 is 5.97 Å². The fourth-order valence-electron chi connectivity index (χ4n) is 1.17. The van der Waals surface area contributed by atoms with Gasteiger partial charge in [0.1, 0.15) is 0 Å². The SMILES string of the molecule is CCCOCCC(=O)Nc1ncc(C=CC(=O)O)s1. The molecule has 1 aromatic heterocycles. The zero-order valence-electron chi connectivity index (χ0n) is 10.6. The van der Waals surface area contributed by atoms with E-state index in [2.05, 4.69) is 10.3 Å². The number of carboxylic acid groups (broad SMARTS) is 1. The summed E-state index contributed by atoms with van der Waals surface area (Å²) >= 11 is 1.21. The molecule has 1 amide bonds. The summed E-state index contributed by atoms with van der Waals surface area (Å²) in [5.74, 6) is -1.19. The number of carbonyl (C=O) groups is 2. The van der Waals surface area contributed by atoms with Crippen molar-refractivity contribution in [2.75, 3.05) is 18.5 Å². The zero-order valence-corrected chi connectivity index (χ0v) is 11.4. The minimum atomic E-state index is -1.02. The predicted octanol–water partition coefficient (Wildman–Crippen LogP) is 2.00. The summed E-state index contributed by atoms with van der Waals surface area (Å²) < 4.78 is 5.21. The number of hydrogen-bond acceptors (Lipinski definition) is 5. The summed E-state index contributed by atoms with van der Waals surface area (Å²) in [5.41, 5.74) is 0. The van der Waals surface area contributed by atoms with Crippen LogP contribution in [-0.2, 0) is 14.3 Å². The Labute approximate surface area is 115 Å². The van der Waals surface area contributed by atoms with Crippen LogP contribution >= 0.6 is 11.3 Å². The van der Waals surface area contributed by atoms with Gasteiger partial charge in [-0.2, -0.15) is 0 Å². The number of carboxylic acids is 1. The molecule has 0 saturated heterocycles. The summed E-state index contributed by atoms with van der Waals surface area (Å²) in [6.45, 7) is 3.04. The Morgan fingerprint density at radius 1 is 1.53 bits per heavy atom. The minimum absolute atomic E-state index is 0.167. The van der Waals surface area contributed by atoms with Crippen molar-refractivity contribution < 1.29 is 19.4 Å². The van der Waals surface area contributed by atoms with Crippen molar-refractivity contribution in [3.05, 3.63) is 17.2 Å². The maximum absolute atomic E-state index is 11.5. The topological polar surface area (TPSA) is 88.5 Å². The van der Waals surface area contributed by atoms with Crippen LogP contribution in [0.25, 0.3) is 6.08 Å². The molecule has 0 spiro atoms. The highest BCUT2D eigenvalue weighted by Crippen LogP contribution is 2.19. The molecule has 0 bridgehead atoms. The molecule has 0 aromatic carbocycles. The van der Waals surface area contributed by atoms with Gasteiger partial charge in [0, 0.05) is 23.8 Å². The molecule has 0 aliphatic rings. The van der Waals surface area contributed by atoms with E-state index >= 15 is 0 Å². The van der Waals surface area contributed by atoms with E-state index in [0.29, 0.717) is 23.2 Å². The van der Waals surface area contributed by atoms with E-state index in [1.165, 1.54) is 23.6 Å². The summed E-state index contributed by atoms with van der Waals surface area (Å²) in [5, 5.41) is 11.6. The zero-order chi connectivity index (χ0) is 14.1. The second kappa shape index (κ2) is 8.39. The third kappa shape index (κ3) is 6.68.